The Labute approximate surface area is 51.7 Å². The van der Waals surface area contributed by atoms with Crippen molar-refractivity contribution in [3.8, 4) is 0 Å². The molecule has 2 nitrogen and oxygen atoms in total. The molecule has 0 radical (unpaired) electrons. The fourth-order valence-corrected chi connectivity index (χ4v) is 0.621. The van der Waals surface area contributed by atoms with Crippen LogP contribution in [-0.2, 0) is 0 Å². The number of rotatable bonds is 3. The van der Waals surface area contributed by atoms with Crippen LogP contribution in [0.3, 0.4) is 0 Å². The highest BCUT2D eigenvalue weighted by Gasteiger charge is 1.96. The molecule has 0 fully saturated rings. The van der Waals surface area contributed by atoms with Gasteiger partial charge in [0, 0.05) is 12.6 Å². The minimum absolute atomic E-state index is 0.306. The Morgan fingerprint density at radius 2 is 2.12 bits per heavy atom. The molecule has 0 aromatic carbocycles. The standard InChI is InChI=1S/C6H16N2/c1-4-8(3)5-6(2)7/h6H,4-5,7H2,1-3H3/t6-/m1/s1. The van der Waals surface area contributed by atoms with Gasteiger partial charge in [-0.25, -0.2) is 0 Å². The molecule has 0 aliphatic carbocycles. The Balaban J connectivity index is 3.10. The van der Waals surface area contributed by atoms with Gasteiger partial charge in [-0.15, -0.1) is 0 Å². The molecule has 1 atom stereocenters. The lowest BCUT2D eigenvalue weighted by atomic mass is 10.3. The maximum Gasteiger partial charge on any atom is 0.0139 e. The summed E-state index contributed by atoms with van der Waals surface area (Å²) in [7, 11) is 2.07. The molecule has 0 bridgehead atoms. The van der Waals surface area contributed by atoms with E-state index in [1.54, 1.807) is 0 Å². The van der Waals surface area contributed by atoms with Crippen molar-refractivity contribution in [2.45, 2.75) is 19.9 Å². The third-order valence-corrected chi connectivity index (χ3v) is 1.14. The SMILES string of the molecule is CCN(C)C[C@@H](C)N. The van der Waals surface area contributed by atoms with Crippen molar-refractivity contribution in [2.75, 3.05) is 20.1 Å². The van der Waals surface area contributed by atoms with Gasteiger partial charge in [0.1, 0.15) is 0 Å². The fourth-order valence-electron chi connectivity index (χ4n) is 0.621. The Kier molecular flexibility index (Phi) is 3.83. The highest BCUT2D eigenvalue weighted by Crippen LogP contribution is 1.82. The van der Waals surface area contributed by atoms with E-state index in [0.717, 1.165) is 13.1 Å². The van der Waals surface area contributed by atoms with Crippen molar-refractivity contribution in [1.29, 1.82) is 0 Å². The van der Waals surface area contributed by atoms with Crippen LogP contribution in [0.5, 0.6) is 0 Å². The third kappa shape index (κ3) is 4.09. The highest BCUT2D eigenvalue weighted by molar-refractivity contribution is 4.56. The molecule has 50 valence electrons. The first-order valence-corrected chi connectivity index (χ1v) is 3.11. The Morgan fingerprint density at radius 1 is 1.62 bits per heavy atom. The van der Waals surface area contributed by atoms with Gasteiger partial charge in [-0.3, -0.25) is 0 Å². The second kappa shape index (κ2) is 3.87. The molecule has 0 aromatic rings. The zero-order chi connectivity index (χ0) is 6.57. The van der Waals surface area contributed by atoms with E-state index >= 15 is 0 Å². The molecule has 0 saturated carbocycles. The van der Waals surface area contributed by atoms with E-state index in [-0.39, 0.29) is 0 Å². The summed E-state index contributed by atoms with van der Waals surface area (Å²) in [5, 5.41) is 0. The van der Waals surface area contributed by atoms with Gasteiger partial charge in [0.25, 0.3) is 0 Å². The van der Waals surface area contributed by atoms with E-state index in [1.165, 1.54) is 0 Å². The molecule has 0 aliphatic rings. The fraction of sp³-hybridized carbons (Fsp3) is 1.00. The van der Waals surface area contributed by atoms with E-state index in [2.05, 4.69) is 18.9 Å². The van der Waals surface area contributed by atoms with Crippen LogP contribution in [0.4, 0.5) is 0 Å². The number of hydrogen-bond donors (Lipinski definition) is 1. The van der Waals surface area contributed by atoms with Gasteiger partial charge in [-0.2, -0.15) is 0 Å². The van der Waals surface area contributed by atoms with Gasteiger partial charge in [0.05, 0.1) is 0 Å². The summed E-state index contributed by atoms with van der Waals surface area (Å²) in [5.41, 5.74) is 5.53. The predicted octanol–water partition coefficient (Wildman–Crippen LogP) is 0.285. The lowest BCUT2D eigenvalue weighted by Gasteiger charge is -2.15. The Hall–Kier alpha value is -0.0800. The molecule has 0 spiro atoms. The smallest absolute Gasteiger partial charge is 0.0139 e. The first-order valence-electron chi connectivity index (χ1n) is 3.11. The molecule has 0 saturated heterocycles. The summed E-state index contributed by atoms with van der Waals surface area (Å²) in [6.45, 7) is 6.23. The van der Waals surface area contributed by atoms with Crippen molar-refractivity contribution in [2.24, 2.45) is 5.73 Å². The minimum atomic E-state index is 0.306. The maximum atomic E-state index is 5.53. The van der Waals surface area contributed by atoms with Crippen molar-refractivity contribution in [3.05, 3.63) is 0 Å². The number of nitrogens with two attached hydrogens (primary N) is 1. The number of likely N-dealkylation sites (N-methyl/N-ethyl adjacent to an activating group) is 1. The Morgan fingerprint density at radius 3 is 2.25 bits per heavy atom. The zero-order valence-corrected chi connectivity index (χ0v) is 6.02. The van der Waals surface area contributed by atoms with Crippen LogP contribution in [0.15, 0.2) is 0 Å². The van der Waals surface area contributed by atoms with Crippen LogP contribution < -0.4 is 5.73 Å². The predicted molar refractivity (Wildman–Crippen MR) is 36.8 cm³/mol. The third-order valence-electron chi connectivity index (χ3n) is 1.14. The molecule has 0 rings (SSSR count). The molecular weight excluding hydrogens is 100 g/mol. The summed E-state index contributed by atoms with van der Waals surface area (Å²) < 4.78 is 0. The average molecular weight is 116 g/mol. The lowest BCUT2D eigenvalue weighted by molar-refractivity contribution is 0.334. The topological polar surface area (TPSA) is 29.3 Å². The lowest BCUT2D eigenvalue weighted by Crippen LogP contribution is -2.32. The summed E-state index contributed by atoms with van der Waals surface area (Å²) >= 11 is 0. The van der Waals surface area contributed by atoms with Gasteiger partial charge >= 0.3 is 0 Å². The van der Waals surface area contributed by atoms with E-state index in [1.807, 2.05) is 6.92 Å². The van der Waals surface area contributed by atoms with Crippen LogP contribution in [0.2, 0.25) is 0 Å². The highest BCUT2D eigenvalue weighted by atomic mass is 15.1. The molecule has 0 heterocycles. The summed E-state index contributed by atoms with van der Waals surface area (Å²) in [6, 6.07) is 0.306. The second-order valence-corrected chi connectivity index (χ2v) is 2.33. The first-order chi connectivity index (χ1) is 3.66. The van der Waals surface area contributed by atoms with Gasteiger partial charge < -0.3 is 10.6 Å². The molecule has 2 heteroatoms. The molecule has 0 amide bonds. The van der Waals surface area contributed by atoms with Crippen molar-refractivity contribution in [3.63, 3.8) is 0 Å². The summed E-state index contributed by atoms with van der Waals surface area (Å²) in [5.74, 6) is 0. The normalized spacial score (nSPS) is 14.6. The second-order valence-electron chi connectivity index (χ2n) is 2.33. The molecule has 2 N–H and O–H groups in total. The van der Waals surface area contributed by atoms with Crippen molar-refractivity contribution >= 4 is 0 Å². The molecule has 8 heavy (non-hydrogen) atoms. The quantitative estimate of drug-likeness (QED) is 0.574. The van der Waals surface area contributed by atoms with E-state index in [9.17, 15) is 0 Å². The molecule has 0 aliphatic heterocycles. The van der Waals surface area contributed by atoms with Crippen LogP contribution in [0, 0.1) is 0 Å². The molecule has 0 aromatic heterocycles. The van der Waals surface area contributed by atoms with E-state index in [4.69, 9.17) is 5.73 Å². The van der Waals surface area contributed by atoms with Crippen LogP contribution >= 0.6 is 0 Å². The summed E-state index contributed by atoms with van der Waals surface area (Å²) in [4.78, 5) is 2.20. The van der Waals surface area contributed by atoms with Crippen LogP contribution in [-0.4, -0.2) is 31.1 Å². The average Bonchev–Trinajstić information content (AvgIpc) is 1.65. The minimum Gasteiger partial charge on any atom is -0.327 e. The van der Waals surface area contributed by atoms with Crippen molar-refractivity contribution < 1.29 is 0 Å². The largest absolute Gasteiger partial charge is 0.327 e. The van der Waals surface area contributed by atoms with Gasteiger partial charge in [0.15, 0.2) is 0 Å². The first kappa shape index (κ1) is 7.92. The monoisotopic (exact) mass is 116 g/mol. The van der Waals surface area contributed by atoms with Gasteiger partial charge in [-0.05, 0) is 20.5 Å². The molecular formula is C6H16N2. The Bertz CT molecular complexity index is 52.5. The maximum absolute atomic E-state index is 5.53. The van der Waals surface area contributed by atoms with E-state index in [0.29, 0.717) is 6.04 Å². The van der Waals surface area contributed by atoms with E-state index < -0.39 is 0 Å². The van der Waals surface area contributed by atoms with Crippen molar-refractivity contribution in [1.82, 2.24) is 4.90 Å². The number of nitrogens with zero attached hydrogens (tertiary/aromatic N) is 1. The van der Waals surface area contributed by atoms with Crippen LogP contribution in [0.1, 0.15) is 13.8 Å². The number of hydrogen-bond acceptors (Lipinski definition) is 2. The van der Waals surface area contributed by atoms with Gasteiger partial charge in [-0.1, -0.05) is 6.92 Å². The van der Waals surface area contributed by atoms with Gasteiger partial charge in [0.2, 0.25) is 0 Å². The van der Waals surface area contributed by atoms with Crippen LogP contribution in [0.25, 0.3) is 0 Å². The summed E-state index contributed by atoms with van der Waals surface area (Å²) in [6.07, 6.45) is 0. The zero-order valence-electron chi connectivity index (χ0n) is 6.02. The molecule has 0 unspecified atom stereocenters.